The zero-order valence-corrected chi connectivity index (χ0v) is 12.0. The number of hydrogen-bond donors (Lipinski definition) is 0. The maximum atomic E-state index is 11.5. The fourth-order valence-corrected chi connectivity index (χ4v) is 2.39. The summed E-state index contributed by atoms with van der Waals surface area (Å²) in [5.74, 6) is 0.667. The van der Waals surface area contributed by atoms with Gasteiger partial charge in [0.15, 0.2) is 5.78 Å². The number of ketones is 1. The predicted molar refractivity (Wildman–Crippen MR) is 78.5 cm³/mol. The molecule has 0 unspecified atom stereocenters. The minimum Gasteiger partial charge on any atom is -0.496 e. The molecule has 0 aromatic heterocycles. The van der Waals surface area contributed by atoms with E-state index in [4.69, 9.17) is 27.9 Å². The van der Waals surface area contributed by atoms with E-state index in [0.29, 0.717) is 21.4 Å². The second-order valence-electron chi connectivity index (χ2n) is 4.13. The predicted octanol–water partition coefficient (Wildman–Crippen LogP) is 4.87. The summed E-state index contributed by atoms with van der Waals surface area (Å²) in [5, 5.41) is 1.08. The average Bonchev–Trinajstić information content (AvgIpc) is 2.36. The van der Waals surface area contributed by atoms with E-state index in [2.05, 4.69) is 0 Å². The largest absolute Gasteiger partial charge is 0.496 e. The maximum absolute atomic E-state index is 11.5. The van der Waals surface area contributed by atoms with E-state index in [-0.39, 0.29) is 5.78 Å². The van der Waals surface area contributed by atoms with Gasteiger partial charge in [-0.2, -0.15) is 0 Å². The van der Waals surface area contributed by atoms with E-state index in [1.54, 1.807) is 43.5 Å². The smallest absolute Gasteiger partial charge is 0.159 e. The Bertz CT molecular complexity index is 616. The van der Waals surface area contributed by atoms with Gasteiger partial charge in [-0.05, 0) is 48.9 Å². The zero-order chi connectivity index (χ0) is 14.0. The van der Waals surface area contributed by atoms with Crippen LogP contribution < -0.4 is 4.74 Å². The number of benzene rings is 2. The number of rotatable bonds is 3. The normalized spacial score (nSPS) is 10.3. The molecule has 0 N–H and O–H groups in total. The lowest BCUT2D eigenvalue weighted by atomic mass is 10.0. The van der Waals surface area contributed by atoms with Crippen LogP contribution in [0.2, 0.25) is 10.0 Å². The van der Waals surface area contributed by atoms with Crippen molar-refractivity contribution in [2.24, 2.45) is 0 Å². The number of methoxy groups -OCH3 is 1. The van der Waals surface area contributed by atoms with E-state index in [0.717, 1.165) is 11.1 Å². The molecule has 0 aliphatic carbocycles. The molecule has 98 valence electrons. The molecule has 2 aromatic rings. The fraction of sp³-hybridized carbons (Fsp3) is 0.133. The van der Waals surface area contributed by atoms with Gasteiger partial charge in [-0.25, -0.2) is 0 Å². The zero-order valence-electron chi connectivity index (χ0n) is 10.5. The van der Waals surface area contributed by atoms with Gasteiger partial charge in [-0.15, -0.1) is 0 Å². The summed E-state index contributed by atoms with van der Waals surface area (Å²) in [5.41, 5.74) is 2.23. The first-order valence-corrected chi connectivity index (χ1v) is 6.42. The minimum absolute atomic E-state index is 0.00275. The lowest BCUT2D eigenvalue weighted by Crippen LogP contribution is -1.95. The molecule has 0 aliphatic heterocycles. The molecule has 2 aromatic carbocycles. The third-order valence-corrected chi connectivity index (χ3v) is 3.22. The van der Waals surface area contributed by atoms with Crippen molar-refractivity contribution < 1.29 is 9.53 Å². The van der Waals surface area contributed by atoms with E-state index >= 15 is 0 Å². The Hall–Kier alpha value is -1.51. The highest BCUT2D eigenvalue weighted by Crippen LogP contribution is 2.34. The summed E-state index contributed by atoms with van der Waals surface area (Å²) < 4.78 is 5.32. The van der Waals surface area contributed by atoms with Crippen molar-refractivity contribution in [1.82, 2.24) is 0 Å². The highest BCUT2D eigenvalue weighted by Gasteiger charge is 2.10. The first-order valence-electron chi connectivity index (χ1n) is 5.66. The van der Waals surface area contributed by atoms with Gasteiger partial charge in [0, 0.05) is 21.2 Å². The molecule has 4 heteroatoms. The molecule has 0 atom stereocenters. The molecule has 0 saturated carbocycles. The Labute approximate surface area is 121 Å². The molecular formula is C15H12Cl2O2. The second-order valence-corrected chi connectivity index (χ2v) is 5.00. The van der Waals surface area contributed by atoms with Crippen LogP contribution in [0.15, 0.2) is 36.4 Å². The Kier molecular flexibility index (Phi) is 4.13. The SMILES string of the molecule is COc1ccc(C(C)=O)cc1-c1cc(Cl)cc(Cl)c1. The number of carbonyl (C=O) groups excluding carboxylic acids is 1. The third kappa shape index (κ3) is 3.09. The summed E-state index contributed by atoms with van der Waals surface area (Å²) >= 11 is 12.0. The van der Waals surface area contributed by atoms with Gasteiger partial charge in [-0.3, -0.25) is 4.79 Å². The topological polar surface area (TPSA) is 26.3 Å². The minimum atomic E-state index is -0.00275. The van der Waals surface area contributed by atoms with Crippen molar-refractivity contribution in [3.63, 3.8) is 0 Å². The van der Waals surface area contributed by atoms with Gasteiger partial charge in [0.1, 0.15) is 5.75 Å². The van der Waals surface area contributed by atoms with Crippen LogP contribution in [0.5, 0.6) is 5.75 Å². The molecule has 2 rings (SSSR count). The molecule has 0 fully saturated rings. The molecule has 0 saturated heterocycles. The Balaban J connectivity index is 2.64. The first-order chi connectivity index (χ1) is 9.01. The molecule has 0 radical (unpaired) electrons. The third-order valence-electron chi connectivity index (χ3n) is 2.78. The Morgan fingerprint density at radius 2 is 1.68 bits per heavy atom. The summed E-state index contributed by atoms with van der Waals surface area (Å²) in [6.45, 7) is 1.52. The number of halogens is 2. The van der Waals surface area contributed by atoms with E-state index in [1.165, 1.54) is 6.92 Å². The quantitative estimate of drug-likeness (QED) is 0.755. The van der Waals surface area contributed by atoms with Crippen molar-refractivity contribution >= 4 is 29.0 Å². The average molecular weight is 295 g/mol. The van der Waals surface area contributed by atoms with Crippen LogP contribution in [0.25, 0.3) is 11.1 Å². The van der Waals surface area contributed by atoms with Crippen molar-refractivity contribution in [2.75, 3.05) is 7.11 Å². The monoisotopic (exact) mass is 294 g/mol. The number of hydrogen-bond acceptors (Lipinski definition) is 2. The van der Waals surface area contributed by atoms with Crippen LogP contribution in [0.4, 0.5) is 0 Å². The standard InChI is InChI=1S/C15H12Cl2O2/c1-9(18)10-3-4-15(19-2)14(7-10)11-5-12(16)8-13(17)6-11/h3-8H,1-2H3. The van der Waals surface area contributed by atoms with Gasteiger partial charge in [0.05, 0.1) is 7.11 Å². The first kappa shape index (κ1) is 13.9. The van der Waals surface area contributed by atoms with Gasteiger partial charge in [0.25, 0.3) is 0 Å². The van der Waals surface area contributed by atoms with Crippen molar-refractivity contribution in [3.8, 4) is 16.9 Å². The maximum Gasteiger partial charge on any atom is 0.159 e. The van der Waals surface area contributed by atoms with Gasteiger partial charge >= 0.3 is 0 Å². The second kappa shape index (κ2) is 5.64. The van der Waals surface area contributed by atoms with E-state index in [9.17, 15) is 4.79 Å². The van der Waals surface area contributed by atoms with Crippen LogP contribution >= 0.6 is 23.2 Å². The molecule has 0 amide bonds. The fourth-order valence-electron chi connectivity index (χ4n) is 1.86. The molecular weight excluding hydrogens is 283 g/mol. The van der Waals surface area contributed by atoms with Crippen LogP contribution in [-0.2, 0) is 0 Å². The van der Waals surface area contributed by atoms with Crippen molar-refractivity contribution in [2.45, 2.75) is 6.92 Å². The lowest BCUT2D eigenvalue weighted by molar-refractivity contribution is 0.101. The van der Waals surface area contributed by atoms with Crippen molar-refractivity contribution in [3.05, 3.63) is 52.0 Å². The number of Topliss-reactive ketones (excluding diaryl/α,β-unsaturated/α-hetero) is 1. The van der Waals surface area contributed by atoms with Crippen LogP contribution in [-0.4, -0.2) is 12.9 Å². The highest BCUT2D eigenvalue weighted by atomic mass is 35.5. The molecule has 19 heavy (non-hydrogen) atoms. The molecule has 2 nitrogen and oxygen atoms in total. The molecule has 0 heterocycles. The lowest BCUT2D eigenvalue weighted by Gasteiger charge is -2.11. The Morgan fingerprint density at radius 3 is 2.21 bits per heavy atom. The molecule has 0 aliphatic rings. The summed E-state index contributed by atoms with van der Waals surface area (Å²) in [6, 6.07) is 10.5. The highest BCUT2D eigenvalue weighted by molar-refractivity contribution is 6.35. The van der Waals surface area contributed by atoms with Crippen LogP contribution in [0.1, 0.15) is 17.3 Å². The molecule has 0 bridgehead atoms. The summed E-state index contributed by atoms with van der Waals surface area (Å²) in [6.07, 6.45) is 0. The van der Waals surface area contributed by atoms with E-state index < -0.39 is 0 Å². The molecule has 0 spiro atoms. The van der Waals surface area contributed by atoms with Crippen LogP contribution in [0.3, 0.4) is 0 Å². The van der Waals surface area contributed by atoms with Gasteiger partial charge in [0.2, 0.25) is 0 Å². The van der Waals surface area contributed by atoms with Crippen LogP contribution in [0, 0.1) is 0 Å². The number of carbonyl (C=O) groups is 1. The van der Waals surface area contributed by atoms with E-state index in [1.807, 2.05) is 0 Å². The Morgan fingerprint density at radius 1 is 1.05 bits per heavy atom. The number of ether oxygens (including phenoxy) is 1. The summed E-state index contributed by atoms with van der Waals surface area (Å²) in [4.78, 5) is 11.5. The van der Waals surface area contributed by atoms with Gasteiger partial charge in [-0.1, -0.05) is 23.2 Å². The van der Waals surface area contributed by atoms with Gasteiger partial charge < -0.3 is 4.74 Å². The van der Waals surface area contributed by atoms with Crippen molar-refractivity contribution in [1.29, 1.82) is 0 Å². The summed E-state index contributed by atoms with van der Waals surface area (Å²) in [7, 11) is 1.58.